The number of piperidine rings is 1. The van der Waals surface area contributed by atoms with E-state index in [1.807, 2.05) is 18.2 Å². The highest BCUT2D eigenvalue weighted by molar-refractivity contribution is 5.89. The first-order valence-corrected chi connectivity index (χ1v) is 8.81. The fourth-order valence-corrected chi connectivity index (χ4v) is 2.58. The Morgan fingerprint density at radius 1 is 1.03 bits per heavy atom. The van der Waals surface area contributed by atoms with Gasteiger partial charge < -0.3 is 44.4 Å². The molecule has 1 aromatic rings. The molecule has 0 aromatic heterocycles. The van der Waals surface area contributed by atoms with Crippen molar-refractivity contribution in [2.75, 3.05) is 20.1 Å². The molecule has 1 fully saturated rings. The van der Waals surface area contributed by atoms with E-state index in [-0.39, 0.29) is 12.1 Å². The largest absolute Gasteiger partial charge is 0.550 e. The number of esters is 1. The zero-order valence-electron chi connectivity index (χ0n) is 15.9. The molecule has 10 nitrogen and oxygen atoms in total. The number of carbonyl (C=O) groups excluding carboxylic acids is 4. The first kappa shape index (κ1) is 24.1. The number of aliphatic carboxylic acids is 3. The van der Waals surface area contributed by atoms with E-state index in [1.165, 1.54) is 0 Å². The van der Waals surface area contributed by atoms with Crippen LogP contribution in [0.15, 0.2) is 30.3 Å². The molecule has 0 atom stereocenters. The molecule has 0 saturated carbocycles. The number of rotatable bonds is 7. The lowest BCUT2D eigenvalue weighted by atomic mass is 9.96. The Kier molecular flexibility index (Phi) is 9.23. The van der Waals surface area contributed by atoms with Crippen LogP contribution in [0.5, 0.6) is 0 Å². The molecule has 1 aromatic carbocycles. The van der Waals surface area contributed by atoms with Crippen LogP contribution in [0.4, 0.5) is 0 Å². The molecule has 2 rings (SSSR count). The molecule has 29 heavy (non-hydrogen) atoms. The van der Waals surface area contributed by atoms with E-state index in [0.717, 1.165) is 25.9 Å². The summed E-state index contributed by atoms with van der Waals surface area (Å²) in [5.41, 5.74) is -2.33. The fourth-order valence-electron chi connectivity index (χ4n) is 2.58. The van der Waals surface area contributed by atoms with Crippen molar-refractivity contribution in [2.24, 2.45) is 0 Å². The van der Waals surface area contributed by atoms with Crippen LogP contribution in [0.25, 0.3) is 0 Å². The third kappa shape index (κ3) is 8.71. The van der Waals surface area contributed by atoms with Crippen LogP contribution in [0.3, 0.4) is 0 Å². The van der Waals surface area contributed by atoms with Crippen molar-refractivity contribution in [3.8, 4) is 0 Å². The highest BCUT2D eigenvalue weighted by atomic mass is 16.5. The molecular weight excluding hydrogens is 386 g/mol. The molecule has 0 amide bonds. The average Bonchev–Trinajstić information content (AvgIpc) is 2.63. The van der Waals surface area contributed by atoms with E-state index < -0.39 is 36.4 Å². The quantitative estimate of drug-likeness (QED) is 0.450. The summed E-state index contributed by atoms with van der Waals surface area (Å²) < 4.78 is 5.46. The number of hydrogen-bond donors (Lipinski definition) is 1. The third-order valence-electron chi connectivity index (χ3n) is 4.20. The Balaban J connectivity index is 0.000000298. The molecule has 0 aliphatic carbocycles. The van der Waals surface area contributed by atoms with Gasteiger partial charge in [0.25, 0.3) is 0 Å². The molecular formula is C19H22NO9-3. The molecule has 10 heteroatoms. The minimum absolute atomic E-state index is 0.0870. The summed E-state index contributed by atoms with van der Waals surface area (Å²) >= 11 is 0. The van der Waals surface area contributed by atoms with Crippen LogP contribution in [-0.4, -0.2) is 65.7 Å². The SMILES string of the molecule is CN1CCC(OC(=O)c2ccccc2)CC1.O=C([O-])CC(O)(CC(=O)[O-])C(=O)[O-]. The lowest BCUT2D eigenvalue weighted by Gasteiger charge is -2.29. The van der Waals surface area contributed by atoms with Gasteiger partial charge in [0.1, 0.15) is 11.7 Å². The Hall–Kier alpha value is -2.98. The fraction of sp³-hybridized carbons (Fsp3) is 0.474. The van der Waals surface area contributed by atoms with E-state index in [0.29, 0.717) is 5.56 Å². The second-order valence-electron chi connectivity index (χ2n) is 6.69. The molecule has 1 saturated heterocycles. The van der Waals surface area contributed by atoms with Crippen molar-refractivity contribution in [1.29, 1.82) is 0 Å². The van der Waals surface area contributed by atoms with Gasteiger partial charge in [-0.3, -0.25) is 0 Å². The number of carboxylic acids is 3. The number of aliphatic hydroxyl groups is 1. The summed E-state index contributed by atoms with van der Waals surface area (Å²) in [4.78, 5) is 44.0. The van der Waals surface area contributed by atoms with Gasteiger partial charge in [-0.05, 0) is 32.0 Å². The van der Waals surface area contributed by atoms with Gasteiger partial charge in [0.2, 0.25) is 0 Å². The Labute approximate surface area is 167 Å². The van der Waals surface area contributed by atoms with E-state index in [9.17, 15) is 34.5 Å². The Bertz CT molecular complexity index is 696. The lowest BCUT2D eigenvalue weighted by Crippen LogP contribution is -2.54. The maximum absolute atomic E-state index is 11.8. The normalized spacial score (nSPS) is 15.0. The number of ether oxygens (including phenoxy) is 1. The highest BCUT2D eigenvalue weighted by Gasteiger charge is 2.29. The van der Waals surface area contributed by atoms with Crippen molar-refractivity contribution < 1.29 is 44.3 Å². The molecule has 1 aliphatic rings. The molecule has 1 aliphatic heterocycles. The van der Waals surface area contributed by atoms with Crippen molar-refractivity contribution in [3.05, 3.63) is 35.9 Å². The minimum atomic E-state index is -2.97. The first-order chi connectivity index (χ1) is 13.5. The van der Waals surface area contributed by atoms with E-state index in [1.54, 1.807) is 12.1 Å². The smallest absolute Gasteiger partial charge is 0.338 e. The van der Waals surface area contributed by atoms with Gasteiger partial charge in [0.15, 0.2) is 0 Å². The monoisotopic (exact) mass is 408 g/mol. The zero-order chi connectivity index (χ0) is 22.0. The number of likely N-dealkylation sites (tertiary alicyclic amines) is 1. The molecule has 0 bridgehead atoms. The first-order valence-electron chi connectivity index (χ1n) is 8.81. The number of benzene rings is 1. The molecule has 0 unspecified atom stereocenters. The topological polar surface area (TPSA) is 170 Å². The summed E-state index contributed by atoms with van der Waals surface area (Å²) in [5.74, 6) is -6.18. The van der Waals surface area contributed by atoms with Crippen molar-refractivity contribution in [3.63, 3.8) is 0 Å². The molecule has 1 heterocycles. The van der Waals surface area contributed by atoms with Crippen LogP contribution in [0, 0.1) is 0 Å². The third-order valence-corrected chi connectivity index (χ3v) is 4.20. The van der Waals surface area contributed by atoms with Gasteiger partial charge in [-0.2, -0.15) is 0 Å². The number of carbonyl (C=O) groups is 4. The maximum Gasteiger partial charge on any atom is 0.338 e. The van der Waals surface area contributed by atoms with Crippen molar-refractivity contribution >= 4 is 23.9 Å². The predicted molar refractivity (Wildman–Crippen MR) is 91.6 cm³/mol. The summed E-state index contributed by atoms with van der Waals surface area (Å²) in [7, 11) is 2.09. The van der Waals surface area contributed by atoms with Gasteiger partial charge in [0.05, 0.1) is 11.5 Å². The number of nitrogens with zero attached hydrogens (tertiary/aromatic N) is 1. The van der Waals surface area contributed by atoms with Gasteiger partial charge >= 0.3 is 5.97 Å². The number of hydrogen-bond acceptors (Lipinski definition) is 10. The molecule has 1 N–H and O–H groups in total. The van der Waals surface area contributed by atoms with Gasteiger partial charge in [-0.25, -0.2) is 4.79 Å². The molecule has 0 radical (unpaired) electrons. The standard InChI is InChI=1S/C13H17NO2.C6H8O7/c1-14-9-7-12(8-10-14)16-13(15)11-5-3-2-4-6-11;7-3(8)1-6(13,5(11)12)2-4(9)10/h2-6,12H,7-10H2,1H3;13H,1-2H2,(H,7,8)(H,9,10)(H,11,12)/p-3. The second kappa shape index (κ2) is 11.1. The molecule has 160 valence electrons. The van der Waals surface area contributed by atoms with Gasteiger partial charge in [-0.1, -0.05) is 18.2 Å². The van der Waals surface area contributed by atoms with Crippen LogP contribution in [0.2, 0.25) is 0 Å². The van der Waals surface area contributed by atoms with Crippen molar-refractivity contribution in [2.45, 2.75) is 37.4 Å². The van der Waals surface area contributed by atoms with Crippen LogP contribution in [0.1, 0.15) is 36.0 Å². The average molecular weight is 408 g/mol. The summed E-state index contributed by atoms with van der Waals surface area (Å²) in [6, 6.07) is 9.18. The summed E-state index contributed by atoms with van der Waals surface area (Å²) in [6.07, 6.45) is -0.750. The van der Waals surface area contributed by atoms with Gasteiger partial charge in [-0.15, -0.1) is 0 Å². The second-order valence-corrected chi connectivity index (χ2v) is 6.69. The minimum Gasteiger partial charge on any atom is -0.550 e. The Morgan fingerprint density at radius 3 is 1.93 bits per heavy atom. The summed E-state index contributed by atoms with van der Waals surface area (Å²) in [6.45, 7) is 2.01. The van der Waals surface area contributed by atoms with Crippen LogP contribution >= 0.6 is 0 Å². The van der Waals surface area contributed by atoms with E-state index in [2.05, 4.69) is 11.9 Å². The zero-order valence-corrected chi connectivity index (χ0v) is 15.9. The van der Waals surface area contributed by atoms with E-state index in [4.69, 9.17) is 9.84 Å². The predicted octanol–water partition coefficient (Wildman–Crippen LogP) is -3.31. The van der Waals surface area contributed by atoms with Crippen molar-refractivity contribution in [1.82, 2.24) is 4.90 Å². The Morgan fingerprint density at radius 2 is 1.52 bits per heavy atom. The molecule has 0 spiro atoms. The maximum atomic E-state index is 11.8. The highest BCUT2D eigenvalue weighted by Crippen LogP contribution is 2.14. The lowest BCUT2D eigenvalue weighted by molar-refractivity contribution is -0.339. The number of carboxylic acid groups (broad SMARTS) is 3. The van der Waals surface area contributed by atoms with Gasteiger partial charge in [0, 0.05) is 37.9 Å². The summed E-state index contributed by atoms with van der Waals surface area (Å²) in [5, 5.41) is 38.9. The van der Waals surface area contributed by atoms with Crippen LogP contribution < -0.4 is 15.3 Å². The van der Waals surface area contributed by atoms with Crippen LogP contribution in [-0.2, 0) is 19.1 Å². The van der Waals surface area contributed by atoms with E-state index >= 15 is 0 Å².